The molecule has 0 N–H and O–H groups in total. The third-order valence-corrected chi connectivity index (χ3v) is 4.34. The van der Waals surface area contributed by atoms with E-state index in [1.165, 1.54) is 32.7 Å². The molecule has 0 aromatic heterocycles. The summed E-state index contributed by atoms with van der Waals surface area (Å²) in [7, 11) is 1.69. The predicted octanol–water partition coefficient (Wildman–Crippen LogP) is 3.13. The van der Waals surface area contributed by atoms with Crippen LogP contribution in [0.5, 0.6) is 11.5 Å². The molecule has 1 aromatic carbocycles. The molecule has 0 radical (unpaired) electrons. The summed E-state index contributed by atoms with van der Waals surface area (Å²) in [6, 6.07) is 6.06. The molecule has 2 rings (SSSR count). The van der Waals surface area contributed by atoms with Crippen LogP contribution in [-0.2, 0) is 0 Å². The van der Waals surface area contributed by atoms with E-state index >= 15 is 0 Å². The normalized spacial score (nSPS) is 16.8. The van der Waals surface area contributed by atoms with Crippen LogP contribution >= 0.6 is 0 Å². The van der Waals surface area contributed by atoms with E-state index in [0.29, 0.717) is 0 Å². The predicted molar refractivity (Wildman–Crippen MR) is 96.4 cm³/mol. The first-order valence-corrected chi connectivity index (χ1v) is 8.65. The molecular weight excluding hydrogens is 288 g/mol. The van der Waals surface area contributed by atoms with Gasteiger partial charge in [-0.1, -0.05) is 25.1 Å². The fourth-order valence-electron chi connectivity index (χ4n) is 2.90. The van der Waals surface area contributed by atoms with Gasteiger partial charge in [0.15, 0.2) is 11.5 Å². The summed E-state index contributed by atoms with van der Waals surface area (Å²) in [6.07, 6.45) is 5.13. The number of piperazine rings is 1. The number of likely N-dealkylation sites (N-methyl/N-ethyl adjacent to an activating group) is 1. The van der Waals surface area contributed by atoms with Gasteiger partial charge in [0.25, 0.3) is 0 Å². The molecule has 4 heteroatoms. The van der Waals surface area contributed by atoms with Crippen molar-refractivity contribution < 1.29 is 9.47 Å². The topological polar surface area (TPSA) is 24.9 Å². The summed E-state index contributed by atoms with van der Waals surface area (Å²) in [5.41, 5.74) is 1.13. The van der Waals surface area contributed by atoms with Gasteiger partial charge in [-0.3, -0.25) is 0 Å². The molecule has 0 aliphatic carbocycles. The van der Waals surface area contributed by atoms with Gasteiger partial charge in [-0.15, -0.1) is 0 Å². The second kappa shape index (κ2) is 9.58. The van der Waals surface area contributed by atoms with Gasteiger partial charge in [0.05, 0.1) is 13.7 Å². The van der Waals surface area contributed by atoms with Crippen LogP contribution in [0.1, 0.15) is 25.8 Å². The summed E-state index contributed by atoms with van der Waals surface area (Å²) in [5.74, 6) is 1.63. The van der Waals surface area contributed by atoms with Crippen LogP contribution in [0.25, 0.3) is 6.08 Å². The quantitative estimate of drug-likeness (QED) is 0.688. The van der Waals surface area contributed by atoms with Gasteiger partial charge in [-0.2, -0.15) is 0 Å². The Morgan fingerprint density at radius 2 is 1.83 bits per heavy atom. The molecule has 128 valence electrons. The van der Waals surface area contributed by atoms with Gasteiger partial charge in [-0.05, 0) is 37.6 Å². The average Bonchev–Trinajstić information content (AvgIpc) is 2.60. The van der Waals surface area contributed by atoms with Gasteiger partial charge in [0.1, 0.15) is 0 Å². The number of benzene rings is 1. The maximum atomic E-state index is 5.91. The molecular formula is C19H30N2O2. The van der Waals surface area contributed by atoms with Crippen LogP contribution in [0.3, 0.4) is 0 Å². The monoisotopic (exact) mass is 318 g/mol. The number of methoxy groups -OCH3 is 1. The molecule has 0 saturated carbocycles. The first-order chi connectivity index (χ1) is 11.3. The fourth-order valence-corrected chi connectivity index (χ4v) is 2.90. The van der Waals surface area contributed by atoms with Crippen LogP contribution in [-0.4, -0.2) is 62.8 Å². The zero-order chi connectivity index (χ0) is 16.5. The van der Waals surface area contributed by atoms with Gasteiger partial charge in [0, 0.05) is 32.7 Å². The summed E-state index contributed by atoms with van der Waals surface area (Å²) in [6.45, 7) is 12.0. The fraction of sp³-hybridized carbons (Fsp3) is 0.579. The van der Waals surface area contributed by atoms with E-state index in [-0.39, 0.29) is 0 Å². The highest BCUT2D eigenvalue weighted by Gasteiger charge is 2.14. The Morgan fingerprint density at radius 3 is 2.48 bits per heavy atom. The molecule has 1 heterocycles. The Bertz CT molecular complexity index is 494. The minimum atomic E-state index is 0.729. The Hall–Kier alpha value is -1.52. The Labute approximate surface area is 140 Å². The summed E-state index contributed by atoms with van der Waals surface area (Å²) in [5, 5.41) is 0. The lowest BCUT2D eigenvalue weighted by Crippen LogP contribution is -2.46. The van der Waals surface area contributed by atoms with E-state index in [9.17, 15) is 0 Å². The molecule has 0 amide bonds. The summed E-state index contributed by atoms with van der Waals surface area (Å²) >= 11 is 0. The number of nitrogens with zero attached hydrogens (tertiary/aromatic N) is 2. The van der Waals surface area contributed by atoms with Crippen molar-refractivity contribution in [2.45, 2.75) is 20.3 Å². The molecule has 1 aliphatic rings. The van der Waals surface area contributed by atoms with Crippen LogP contribution in [0.15, 0.2) is 24.3 Å². The van der Waals surface area contributed by atoms with E-state index < -0.39 is 0 Å². The summed E-state index contributed by atoms with van der Waals surface area (Å²) in [4.78, 5) is 5.03. The highest BCUT2D eigenvalue weighted by atomic mass is 16.5. The molecule has 1 aliphatic heterocycles. The number of hydrogen-bond donors (Lipinski definition) is 0. The van der Waals surface area contributed by atoms with E-state index in [4.69, 9.17) is 9.47 Å². The highest BCUT2D eigenvalue weighted by molar-refractivity contribution is 5.55. The van der Waals surface area contributed by atoms with Crippen molar-refractivity contribution in [1.82, 2.24) is 9.80 Å². The van der Waals surface area contributed by atoms with Crippen molar-refractivity contribution in [3.8, 4) is 11.5 Å². The SMILES string of the molecule is CC=Cc1ccc(OCCCN2CCN(CC)CC2)c(OC)c1. The first kappa shape index (κ1) is 17.8. The molecule has 0 unspecified atom stereocenters. The van der Waals surface area contributed by atoms with Crippen molar-refractivity contribution in [3.63, 3.8) is 0 Å². The maximum Gasteiger partial charge on any atom is 0.161 e. The molecule has 0 spiro atoms. The van der Waals surface area contributed by atoms with E-state index in [1.807, 2.05) is 25.1 Å². The molecule has 4 nitrogen and oxygen atoms in total. The number of hydrogen-bond acceptors (Lipinski definition) is 4. The zero-order valence-corrected chi connectivity index (χ0v) is 14.8. The van der Waals surface area contributed by atoms with Crippen LogP contribution in [0, 0.1) is 0 Å². The van der Waals surface area contributed by atoms with E-state index in [0.717, 1.165) is 36.6 Å². The Kier molecular flexibility index (Phi) is 7.43. The summed E-state index contributed by atoms with van der Waals surface area (Å²) < 4.78 is 11.3. The van der Waals surface area contributed by atoms with Gasteiger partial charge in [0.2, 0.25) is 0 Å². The average molecular weight is 318 g/mol. The van der Waals surface area contributed by atoms with Crippen molar-refractivity contribution in [1.29, 1.82) is 0 Å². The molecule has 1 fully saturated rings. The molecule has 0 atom stereocenters. The van der Waals surface area contributed by atoms with Crippen LogP contribution < -0.4 is 9.47 Å². The minimum Gasteiger partial charge on any atom is -0.493 e. The van der Waals surface area contributed by atoms with Crippen molar-refractivity contribution >= 4 is 6.08 Å². The number of allylic oxidation sites excluding steroid dienone is 1. The van der Waals surface area contributed by atoms with Crippen LogP contribution in [0.2, 0.25) is 0 Å². The van der Waals surface area contributed by atoms with Crippen LogP contribution in [0.4, 0.5) is 0 Å². The van der Waals surface area contributed by atoms with Gasteiger partial charge >= 0.3 is 0 Å². The first-order valence-electron chi connectivity index (χ1n) is 8.65. The third-order valence-electron chi connectivity index (χ3n) is 4.34. The lowest BCUT2D eigenvalue weighted by molar-refractivity contribution is 0.130. The minimum absolute atomic E-state index is 0.729. The number of rotatable bonds is 8. The van der Waals surface area contributed by atoms with E-state index in [2.05, 4.69) is 28.9 Å². The lowest BCUT2D eigenvalue weighted by atomic mass is 10.2. The maximum absolute atomic E-state index is 5.91. The Morgan fingerprint density at radius 1 is 1.09 bits per heavy atom. The van der Waals surface area contributed by atoms with Crippen molar-refractivity contribution in [2.75, 3.05) is 53.0 Å². The second-order valence-electron chi connectivity index (χ2n) is 5.89. The lowest BCUT2D eigenvalue weighted by Gasteiger charge is -2.33. The van der Waals surface area contributed by atoms with Gasteiger partial charge in [-0.25, -0.2) is 0 Å². The molecule has 1 saturated heterocycles. The standard InChI is InChI=1S/C19H30N2O2/c1-4-7-17-8-9-18(19(16-17)22-3)23-15-6-10-21-13-11-20(5-2)12-14-21/h4,7-9,16H,5-6,10-15H2,1-3H3. The zero-order valence-electron chi connectivity index (χ0n) is 14.8. The largest absolute Gasteiger partial charge is 0.493 e. The van der Waals surface area contributed by atoms with Crippen molar-refractivity contribution in [3.05, 3.63) is 29.8 Å². The Balaban J connectivity index is 1.74. The van der Waals surface area contributed by atoms with E-state index in [1.54, 1.807) is 7.11 Å². The molecule has 0 bridgehead atoms. The smallest absolute Gasteiger partial charge is 0.161 e. The highest BCUT2D eigenvalue weighted by Crippen LogP contribution is 2.28. The van der Waals surface area contributed by atoms with Gasteiger partial charge < -0.3 is 19.3 Å². The molecule has 1 aromatic rings. The van der Waals surface area contributed by atoms with Crippen molar-refractivity contribution in [2.24, 2.45) is 0 Å². The second-order valence-corrected chi connectivity index (χ2v) is 5.89. The number of ether oxygens (including phenoxy) is 2. The molecule has 23 heavy (non-hydrogen) atoms. The third kappa shape index (κ3) is 5.56.